The van der Waals surface area contributed by atoms with E-state index in [2.05, 4.69) is 9.97 Å². The molecule has 6 heteroatoms. The van der Waals surface area contributed by atoms with Gasteiger partial charge in [-0.1, -0.05) is 30.3 Å². The van der Waals surface area contributed by atoms with Crippen LogP contribution in [0.3, 0.4) is 0 Å². The van der Waals surface area contributed by atoms with E-state index in [1.807, 2.05) is 30.3 Å². The van der Waals surface area contributed by atoms with Crippen LogP contribution < -0.4 is 10.5 Å². The third-order valence-corrected chi connectivity index (χ3v) is 3.76. The molecule has 3 rings (SSSR count). The zero-order chi connectivity index (χ0) is 16.2. The monoisotopic (exact) mass is 327 g/mol. The standard InChI is InChI=1S/C17H14ClN3O2/c18-9-16(22)21(10-12-4-2-1-3-5-12)13-6-7-15-14(8-13)17(23)20-11-19-15/h1-8,11H,9-10H2,(H,19,20,23). The number of hydrogen-bond acceptors (Lipinski definition) is 3. The molecule has 0 aliphatic heterocycles. The van der Waals surface area contributed by atoms with Crippen LogP contribution in [0.1, 0.15) is 5.56 Å². The number of aromatic nitrogens is 2. The van der Waals surface area contributed by atoms with Crippen molar-refractivity contribution in [3.05, 3.63) is 70.8 Å². The Balaban J connectivity index is 2.04. The second-order valence-corrected chi connectivity index (χ2v) is 5.30. The molecule has 2 aromatic carbocycles. The van der Waals surface area contributed by atoms with E-state index >= 15 is 0 Å². The van der Waals surface area contributed by atoms with Crippen LogP contribution in [0.5, 0.6) is 0 Å². The summed E-state index contributed by atoms with van der Waals surface area (Å²) in [5.74, 6) is -0.357. The van der Waals surface area contributed by atoms with Gasteiger partial charge in [0.25, 0.3) is 5.56 Å². The number of nitrogens with one attached hydrogen (secondary N) is 1. The van der Waals surface area contributed by atoms with E-state index in [0.29, 0.717) is 23.1 Å². The maximum Gasteiger partial charge on any atom is 0.258 e. The van der Waals surface area contributed by atoms with Crippen molar-refractivity contribution in [1.29, 1.82) is 0 Å². The van der Waals surface area contributed by atoms with Crippen LogP contribution in [0.25, 0.3) is 10.9 Å². The zero-order valence-electron chi connectivity index (χ0n) is 12.2. The van der Waals surface area contributed by atoms with E-state index in [1.54, 1.807) is 23.1 Å². The number of fused-ring (bicyclic) bond motifs is 1. The maximum atomic E-state index is 12.2. The minimum atomic E-state index is -0.241. The van der Waals surface area contributed by atoms with Gasteiger partial charge in [-0.05, 0) is 23.8 Å². The summed E-state index contributed by atoms with van der Waals surface area (Å²) in [6.45, 7) is 0.385. The lowest BCUT2D eigenvalue weighted by Gasteiger charge is -2.22. The molecule has 5 nitrogen and oxygen atoms in total. The molecule has 1 aromatic heterocycles. The van der Waals surface area contributed by atoms with Crippen LogP contribution in [0, 0.1) is 0 Å². The van der Waals surface area contributed by atoms with Crippen LogP contribution >= 0.6 is 11.6 Å². The summed E-state index contributed by atoms with van der Waals surface area (Å²) in [6, 6.07) is 14.8. The zero-order valence-corrected chi connectivity index (χ0v) is 13.0. The minimum absolute atomic E-state index is 0.131. The number of anilines is 1. The van der Waals surface area contributed by atoms with Crippen LogP contribution in [0.15, 0.2) is 59.7 Å². The molecular formula is C17H14ClN3O2. The highest BCUT2D eigenvalue weighted by molar-refractivity contribution is 6.29. The van der Waals surface area contributed by atoms with Crippen LogP contribution in [0.2, 0.25) is 0 Å². The Morgan fingerprint density at radius 1 is 1.17 bits per heavy atom. The van der Waals surface area contributed by atoms with Gasteiger partial charge in [0.05, 0.1) is 23.8 Å². The van der Waals surface area contributed by atoms with Crippen LogP contribution in [-0.2, 0) is 11.3 Å². The fourth-order valence-electron chi connectivity index (χ4n) is 2.39. The molecule has 0 aliphatic rings. The molecule has 0 saturated carbocycles. The van der Waals surface area contributed by atoms with Crippen LogP contribution in [-0.4, -0.2) is 21.8 Å². The van der Waals surface area contributed by atoms with Gasteiger partial charge in [0.1, 0.15) is 5.88 Å². The molecule has 3 aromatic rings. The summed E-state index contributed by atoms with van der Waals surface area (Å²) in [4.78, 5) is 32.4. The molecule has 1 N–H and O–H groups in total. The van der Waals surface area contributed by atoms with Gasteiger partial charge in [0.15, 0.2) is 0 Å². The van der Waals surface area contributed by atoms with Gasteiger partial charge in [-0.25, -0.2) is 4.98 Å². The number of halogens is 1. The third-order valence-electron chi connectivity index (χ3n) is 3.53. The summed E-state index contributed by atoms with van der Waals surface area (Å²) < 4.78 is 0. The average Bonchev–Trinajstić information content (AvgIpc) is 2.60. The first-order valence-corrected chi connectivity index (χ1v) is 7.60. The predicted octanol–water partition coefficient (Wildman–Crippen LogP) is 2.70. The van der Waals surface area contributed by atoms with E-state index in [-0.39, 0.29) is 17.3 Å². The molecule has 0 bridgehead atoms. The molecule has 1 heterocycles. The van der Waals surface area contributed by atoms with Gasteiger partial charge >= 0.3 is 0 Å². The molecule has 0 spiro atoms. The Morgan fingerprint density at radius 3 is 2.70 bits per heavy atom. The molecule has 1 amide bonds. The number of aromatic amines is 1. The van der Waals surface area contributed by atoms with E-state index in [9.17, 15) is 9.59 Å². The number of carbonyl (C=O) groups is 1. The van der Waals surface area contributed by atoms with Crippen molar-refractivity contribution in [3.63, 3.8) is 0 Å². The normalized spacial score (nSPS) is 10.7. The summed E-state index contributed by atoms with van der Waals surface area (Å²) in [6.07, 6.45) is 1.36. The molecule has 0 unspecified atom stereocenters. The van der Waals surface area contributed by atoms with Crippen molar-refractivity contribution < 1.29 is 4.79 Å². The Hall–Kier alpha value is -2.66. The van der Waals surface area contributed by atoms with Crippen molar-refractivity contribution in [2.45, 2.75) is 6.54 Å². The molecule has 0 radical (unpaired) electrons. The lowest BCUT2D eigenvalue weighted by atomic mass is 10.1. The predicted molar refractivity (Wildman–Crippen MR) is 90.7 cm³/mol. The van der Waals surface area contributed by atoms with Crippen molar-refractivity contribution >= 4 is 34.1 Å². The van der Waals surface area contributed by atoms with E-state index in [0.717, 1.165) is 5.56 Å². The van der Waals surface area contributed by atoms with Gasteiger partial charge in [-0.2, -0.15) is 0 Å². The van der Waals surface area contributed by atoms with Gasteiger partial charge in [0, 0.05) is 5.69 Å². The van der Waals surface area contributed by atoms with Crippen molar-refractivity contribution in [2.24, 2.45) is 0 Å². The summed E-state index contributed by atoms with van der Waals surface area (Å²) in [7, 11) is 0. The molecule has 0 atom stereocenters. The molecule has 116 valence electrons. The SMILES string of the molecule is O=C(CCl)N(Cc1ccccc1)c1ccc2nc[nH]c(=O)c2c1. The highest BCUT2D eigenvalue weighted by Crippen LogP contribution is 2.21. The third kappa shape index (κ3) is 3.24. The first-order valence-electron chi connectivity index (χ1n) is 7.07. The number of nitrogens with zero attached hydrogens (tertiary/aromatic N) is 2. The molecule has 0 aliphatic carbocycles. The Morgan fingerprint density at radius 2 is 1.96 bits per heavy atom. The molecule has 0 saturated heterocycles. The highest BCUT2D eigenvalue weighted by atomic mass is 35.5. The van der Waals surface area contributed by atoms with E-state index in [4.69, 9.17) is 11.6 Å². The minimum Gasteiger partial charge on any atom is -0.313 e. The topological polar surface area (TPSA) is 66.1 Å². The second-order valence-electron chi connectivity index (χ2n) is 5.03. The Kier molecular flexibility index (Phi) is 4.39. The number of alkyl halides is 1. The number of benzene rings is 2. The van der Waals surface area contributed by atoms with Gasteiger partial charge in [-0.15, -0.1) is 11.6 Å². The Bertz CT molecular complexity index is 893. The van der Waals surface area contributed by atoms with Crippen molar-refractivity contribution in [3.8, 4) is 0 Å². The first-order chi connectivity index (χ1) is 11.2. The number of amides is 1. The largest absolute Gasteiger partial charge is 0.313 e. The highest BCUT2D eigenvalue weighted by Gasteiger charge is 2.16. The molecule has 23 heavy (non-hydrogen) atoms. The second kappa shape index (κ2) is 6.62. The first kappa shape index (κ1) is 15.2. The van der Waals surface area contributed by atoms with Gasteiger partial charge in [-0.3, -0.25) is 9.59 Å². The number of hydrogen-bond donors (Lipinski definition) is 1. The number of rotatable bonds is 4. The maximum absolute atomic E-state index is 12.2. The fraction of sp³-hybridized carbons (Fsp3) is 0.118. The Labute approximate surface area is 137 Å². The lowest BCUT2D eigenvalue weighted by molar-refractivity contribution is -0.116. The van der Waals surface area contributed by atoms with Crippen molar-refractivity contribution in [1.82, 2.24) is 9.97 Å². The lowest BCUT2D eigenvalue weighted by Crippen LogP contribution is -2.31. The summed E-state index contributed by atoms with van der Waals surface area (Å²) >= 11 is 5.74. The molecular weight excluding hydrogens is 314 g/mol. The van der Waals surface area contributed by atoms with Crippen molar-refractivity contribution in [2.75, 3.05) is 10.8 Å². The van der Waals surface area contributed by atoms with Gasteiger partial charge < -0.3 is 9.88 Å². The van der Waals surface area contributed by atoms with E-state index in [1.165, 1.54) is 6.33 Å². The fourth-order valence-corrected chi connectivity index (χ4v) is 2.53. The average molecular weight is 328 g/mol. The van der Waals surface area contributed by atoms with Gasteiger partial charge in [0.2, 0.25) is 5.91 Å². The smallest absolute Gasteiger partial charge is 0.258 e. The van der Waals surface area contributed by atoms with E-state index < -0.39 is 0 Å². The van der Waals surface area contributed by atoms with Crippen LogP contribution in [0.4, 0.5) is 5.69 Å². The quantitative estimate of drug-likeness (QED) is 0.749. The summed E-state index contributed by atoms with van der Waals surface area (Å²) in [5, 5.41) is 0.436. The molecule has 0 fully saturated rings. The number of carbonyl (C=O) groups excluding carboxylic acids is 1. The number of H-pyrrole nitrogens is 1. The summed E-state index contributed by atoms with van der Waals surface area (Å²) in [5.41, 5.74) is 1.93.